The van der Waals surface area contributed by atoms with Gasteiger partial charge < -0.3 is 19.6 Å². The zero-order chi connectivity index (χ0) is 26.2. The normalized spacial score (nSPS) is 21.5. The number of hydrogen-bond acceptors (Lipinski definition) is 6. The molecule has 2 bridgehead atoms. The summed E-state index contributed by atoms with van der Waals surface area (Å²) in [6, 6.07) is 11.7. The van der Waals surface area contributed by atoms with E-state index in [1.807, 2.05) is 0 Å². The fourth-order valence-electron chi connectivity index (χ4n) is 6.33. The minimum atomic E-state index is 0.223. The number of hydrogen-bond donors (Lipinski definition) is 0. The number of fused-ring (bicyclic) bond motifs is 4. The van der Waals surface area contributed by atoms with Gasteiger partial charge >= 0.3 is 0 Å². The molecule has 2 aromatic heterocycles. The molecule has 202 valence electrons. The number of rotatable bonds is 2. The van der Waals surface area contributed by atoms with Crippen LogP contribution in [0.2, 0.25) is 0 Å². The van der Waals surface area contributed by atoms with Gasteiger partial charge in [0.2, 0.25) is 0 Å². The highest BCUT2D eigenvalue weighted by molar-refractivity contribution is 5.67. The average Bonchev–Trinajstić information content (AvgIpc) is 3.33. The van der Waals surface area contributed by atoms with E-state index in [2.05, 4.69) is 75.3 Å². The summed E-state index contributed by atoms with van der Waals surface area (Å²) in [6.07, 6.45) is 6.99. The molecule has 0 aliphatic carbocycles. The number of anilines is 2. The van der Waals surface area contributed by atoms with E-state index in [-0.39, 0.29) is 6.04 Å². The van der Waals surface area contributed by atoms with Gasteiger partial charge in [0.15, 0.2) is 5.65 Å². The van der Waals surface area contributed by atoms with Crippen LogP contribution in [0.4, 0.5) is 11.6 Å². The van der Waals surface area contributed by atoms with Gasteiger partial charge in [-0.25, -0.2) is 4.98 Å². The highest BCUT2D eigenvalue weighted by atomic mass is 15.4. The van der Waals surface area contributed by atoms with Crippen molar-refractivity contribution >= 4 is 23.0 Å². The number of nitrogens with zero attached hydrogens (tertiary/aromatic N) is 7. The Bertz CT molecular complexity index is 1310. The largest absolute Gasteiger partial charge is 0.363 e. The molecule has 0 saturated carbocycles. The van der Waals surface area contributed by atoms with Crippen molar-refractivity contribution in [2.45, 2.75) is 58.4 Å². The van der Waals surface area contributed by atoms with Crippen LogP contribution in [-0.2, 0) is 6.42 Å². The van der Waals surface area contributed by atoms with Crippen LogP contribution in [0.5, 0.6) is 0 Å². The standard InChI is InChI=1S/C31H43N7/c1-5-35-14-8-10-25-13-12-23(2)20-26(25)24(3)37-17-7-6-11-28(37)27-21-30-32-29(36-15-9-16-36)22-31(38(30)33-27)34(4)18-19-35/h12-13,20-22,28H,3,5-11,14-19H2,1-2,4H3/t28-/m0/s1. The lowest BCUT2D eigenvalue weighted by Crippen LogP contribution is -2.38. The minimum Gasteiger partial charge on any atom is -0.363 e. The molecular weight excluding hydrogens is 470 g/mol. The number of aryl methyl sites for hydroxylation is 2. The van der Waals surface area contributed by atoms with E-state index in [0.29, 0.717) is 0 Å². The summed E-state index contributed by atoms with van der Waals surface area (Å²) in [6.45, 7) is 16.5. The highest BCUT2D eigenvalue weighted by Crippen LogP contribution is 2.38. The van der Waals surface area contributed by atoms with Crippen molar-refractivity contribution in [1.82, 2.24) is 24.4 Å². The number of benzene rings is 1. The third kappa shape index (κ3) is 4.77. The maximum Gasteiger partial charge on any atom is 0.160 e. The van der Waals surface area contributed by atoms with Crippen LogP contribution in [0, 0.1) is 6.92 Å². The van der Waals surface area contributed by atoms with Crippen molar-refractivity contribution in [3.8, 4) is 0 Å². The molecule has 3 aliphatic heterocycles. The summed E-state index contributed by atoms with van der Waals surface area (Å²) in [4.78, 5) is 15.0. The van der Waals surface area contributed by atoms with Crippen LogP contribution < -0.4 is 9.80 Å². The Labute approximate surface area is 227 Å². The molecule has 6 rings (SSSR count). The van der Waals surface area contributed by atoms with Gasteiger partial charge in [-0.1, -0.05) is 31.2 Å². The predicted octanol–water partition coefficient (Wildman–Crippen LogP) is 5.15. The number of piperidine rings is 1. The van der Waals surface area contributed by atoms with Crippen LogP contribution in [0.15, 0.2) is 36.9 Å². The Morgan fingerprint density at radius 2 is 1.82 bits per heavy atom. The maximum absolute atomic E-state index is 5.25. The van der Waals surface area contributed by atoms with Crippen LogP contribution in [-0.4, -0.2) is 77.3 Å². The van der Waals surface area contributed by atoms with E-state index in [1.165, 1.54) is 36.0 Å². The Hall–Kier alpha value is -3.06. The molecule has 38 heavy (non-hydrogen) atoms. The van der Waals surface area contributed by atoms with Crippen LogP contribution in [0.1, 0.15) is 67.5 Å². The summed E-state index contributed by atoms with van der Waals surface area (Å²) in [5.41, 5.74) is 7.25. The predicted molar refractivity (Wildman–Crippen MR) is 157 cm³/mol. The monoisotopic (exact) mass is 513 g/mol. The van der Waals surface area contributed by atoms with E-state index in [4.69, 9.17) is 16.7 Å². The second-order valence-corrected chi connectivity index (χ2v) is 11.4. The lowest BCUT2D eigenvalue weighted by molar-refractivity contribution is 0.226. The van der Waals surface area contributed by atoms with Crippen molar-refractivity contribution < 1.29 is 0 Å². The van der Waals surface area contributed by atoms with Gasteiger partial charge in [-0.2, -0.15) is 9.61 Å². The first-order valence-corrected chi connectivity index (χ1v) is 14.7. The molecule has 3 aromatic rings. The first-order valence-electron chi connectivity index (χ1n) is 14.7. The van der Waals surface area contributed by atoms with Crippen LogP contribution in [0.25, 0.3) is 11.3 Å². The second-order valence-electron chi connectivity index (χ2n) is 11.4. The van der Waals surface area contributed by atoms with E-state index < -0.39 is 0 Å². The van der Waals surface area contributed by atoms with E-state index >= 15 is 0 Å². The van der Waals surface area contributed by atoms with Gasteiger partial charge in [0.05, 0.1) is 11.7 Å². The zero-order valence-corrected chi connectivity index (χ0v) is 23.5. The zero-order valence-electron chi connectivity index (χ0n) is 23.5. The smallest absolute Gasteiger partial charge is 0.160 e. The Morgan fingerprint density at radius 3 is 2.61 bits per heavy atom. The van der Waals surface area contributed by atoms with Crippen molar-refractivity contribution in [3.63, 3.8) is 0 Å². The molecule has 3 aliphatic rings. The summed E-state index contributed by atoms with van der Waals surface area (Å²) in [5, 5.41) is 5.25. The van der Waals surface area contributed by atoms with Gasteiger partial charge in [-0.15, -0.1) is 0 Å². The first-order chi connectivity index (χ1) is 18.5. The van der Waals surface area contributed by atoms with E-state index in [0.717, 1.165) is 93.7 Å². The first kappa shape index (κ1) is 25.2. The van der Waals surface area contributed by atoms with Crippen molar-refractivity contribution in [1.29, 1.82) is 0 Å². The van der Waals surface area contributed by atoms with Gasteiger partial charge in [-0.05, 0) is 70.2 Å². The lowest BCUT2D eigenvalue weighted by atomic mass is 9.93. The minimum absolute atomic E-state index is 0.223. The second kappa shape index (κ2) is 10.6. The van der Waals surface area contributed by atoms with Crippen LogP contribution >= 0.6 is 0 Å². The van der Waals surface area contributed by atoms with E-state index in [1.54, 1.807) is 0 Å². The molecule has 1 aromatic carbocycles. The fraction of sp³-hybridized carbons (Fsp3) is 0.548. The molecule has 7 heteroatoms. The fourth-order valence-corrected chi connectivity index (χ4v) is 6.33. The third-order valence-corrected chi connectivity index (χ3v) is 8.87. The molecule has 0 spiro atoms. The van der Waals surface area contributed by atoms with Gasteiger partial charge in [0, 0.05) is 63.2 Å². The maximum atomic E-state index is 5.25. The summed E-state index contributed by atoms with van der Waals surface area (Å²) in [7, 11) is 2.21. The summed E-state index contributed by atoms with van der Waals surface area (Å²) in [5.74, 6) is 2.21. The molecule has 0 unspecified atom stereocenters. The average molecular weight is 514 g/mol. The number of aromatic nitrogens is 3. The van der Waals surface area contributed by atoms with Gasteiger partial charge in [0.25, 0.3) is 0 Å². The molecular formula is C31H43N7. The molecule has 1 atom stereocenters. The molecule has 2 saturated heterocycles. The Kier molecular flexibility index (Phi) is 7.04. The van der Waals surface area contributed by atoms with Gasteiger partial charge in [0.1, 0.15) is 11.6 Å². The SMILES string of the molecule is C=C1c2cc(C)ccc2CCCN(CC)CCN(C)c2cc(N3CCC3)nc3cc(nn23)[C@@H]2CCCCN12. The summed E-state index contributed by atoms with van der Waals surface area (Å²) >= 11 is 0. The number of likely N-dealkylation sites (N-methyl/N-ethyl adjacent to an activating group) is 2. The Balaban J connectivity index is 1.46. The lowest BCUT2D eigenvalue weighted by Gasteiger charge is -2.38. The molecule has 2 fully saturated rings. The quantitative estimate of drug-likeness (QED) is 0.472. The van der Waals surface area contributed by atoms with Crippen molar-refractivity contribution in [2.24, 2.45) is 0 Å². The molecule has 0 N–H and O–H groups in total. The molecule has 0 radical (unpaired) electrons. The topological polar surface area (TPSA) is 43.1 Å². The van der Waals surface area contributed by atoms with E-state index in [9.17, 15) is 0 Å². The van der Waals surface area contributed by atoms with Gasteiger partial charge in [-0.3, -0.25) is 0 Å². The molecule has 7 nitrogen and oxygen atoms in total. The highest BCUT2D eigenvalue weighted by Gasteiger charge is 2.30. The van der Waals surface area contributed by atoms with Crippen LogP contribution in [0.3, 0.4) is 0 Å². The van der Waals surface area contributed by atoms with Crippen molar-refractivity contribution in [2.75, 3.05) is 62.7 Å². The molecule has 5 heterocycles. The summed E-state index contributed by atoms with van der Waals surface area (Å²) < 4.78 is 2.09. The molecule has 0 amide bonds. The Morgan fingerprint density at radius 1 is 0.947 bits per heavy atom. The van der Waals surface area contributed by atoms with Crippen molar-refractivity contribution in [3.05, 3.63) is 59.3 Å². The third-order valence-electron chi connectivity index (χ3n) is 8.87.